The molecule has 4 rings (SSSR count). The number of rotatable bonds is 4. The van der Waals surface area contributed by atoms with Gasteiger partial charge in [-0.25, -0.2) is 0 Å². The maximum atomic E-state index is 11.6. The third-order valence-corrected chi connectivity index (χ3v) is 12.1. The molecule has 32 heavy (non-hydrogen) atoms. The minimum Gasteiger partial charge on any atom is -0.481 e. The predicted molar refractivity (Wildman–Crippen MR) is 133 cm³/mol. The summed E-state index contributed by atoms with van der Waals surface area (Å²) >= 11 is 0. The molecule has 0 aromatic carbocycles. The number of carboxylic acids is 1. The van der Waals surface area contributed by atoms with Gasteiger partial charge < -0.3 is 5.11 Å². The Morgan fingerprint density at radius 2 is 1.78 bits per heavy atom. The molecule has 2 heteroatoms. The summed E-state index contributed by atoms with van der Waals surface area (Å²) in [6.07, 6.45) is 12.7. The van der Waals surface area contributed by atoms with Gasteiger partial charge in [-0.1, -0.05) is 65.3 Å². The Kier molecular flexibility index (Phi) is 5.83. The largest absolute Gasteiger partial charge is 0.481 e. The van der Waals surface area contributed by atoms with Gasteiger partial charge in [0.05, 0.1) is 0 Å². The second-order valence-electron chi connectivity index (χ2n) is 13.5. The van der Waals surface area contributed by atoms with Crippen LogP contribution in [-0.4, -0.2) is 11.1 Å². The summed E-state index contributed by atoms with van der Waals surface area (Å²) in [6, 6.07) is 0. The van der Waals surface area contributed by atoms with Crippen molar-refractivity contribution in [3.63, 3.8) is 0 Å². The highest BCUT2D eigenvalue weighted by Gasteiger charge is 2.65. The molecule has 9 atom stereocenters. The number of hydrogen-bond donors (Lipinski definition) is 1. The van der Waals surface area contributed by atoms with E-state index >= 15 is 0 Å². The van der Waals surface area contributed by atoms with Crippen molar-refractivity contribution in [3.8, 4) is 0 Å². The first-order valence-corrected chi connectivity index (χ1v) is 13.4. The molecule has 0 aromatic heterocycles. The standard InChI is InChI=1S/C30H48O2/c1-19(2)22-12-16-30(8)24(28(22,6)15-13-25(31)32)10-9-23-26-21(4)20(3)11-14-27(26,5)17-18-29(23,30)7/h9,20-22,24,26H,1,10-18H2,2-8H3,(H,31,32)/t20?,21?,22?,24?,26?,27-,28+,29-,30-/m1/s1. The third-order valence-electron chi connectivity index (χ3n) is 12.1. The molecule has 3 saturated carbocycles. The Morgan fingerprint density at radius 3 is 2.41 bits per heavy atom. The first-order chi connectivity index (χ1) is 14.8. The molecule has 0 radical (unpaired) electrons. The lowest BCUT2D eigenvalue weighted by molar-refractivity contribution is -0.150. The van der Waals surface area contributed by atoms with Gasteiger partial charge in [-0.3, -0.25) is 4.79 Å². The van der Waals surface area contributed by atoms with Crippen LogP contribution in [0.4, 0.5) is 0 Å². The third kappa shape index (κ3) is 3.21. The molecule has 5 unspecified atom stereocenters. The maximum absolute atomic E-state index is 11.6. The molecule has 0 aliphatic heterocycles. The molecule has 0 bridgehead atoms. The van der Waals surface area contributed by atoms with Crippen molar-refractivity contribution in [2.24, 2.45) is 51.2 Å². The van der Waals surface area contributed by atoms with E-state index in [0.29, 0.717) is 23.2 Å². The van der Waals surface area contributed by atoms with Crippen LogP contribution in [0.15, 0.2) is 23.8 Å². The van der Waals surface area contributed by atoms with Crippen molar-refractivity contribution in [1.29, 1.82) is 0 Å². The van der Waals surface area contributed by atoms with Crippen LogP contribution in [-0.2, 0) is 4.79 Å². The Labute approximate surface area is 197 Å². The Balaban J connectivity index is 1.80. The van der Waals surface area contributed by atoms with Crippen LogP contribution < -0.4 is 0 Å². The fourth-order valence-corrected chi connectivity index (χ4v) is 9.76. The normalized spacial score (nSPS) is 50.5. The van der Waals surface area contributed by atoms with Gasteiger partial charge in [-0.15, -0.1) is 0 Å². The molecule has 0 amide bonds. The molecule has 2 nitrogen and oxygen atoms in total. The number of carboxylic acid groups (broad SMARTS) is 1. The highest BCUT2D eigenvalue weighted by atomic mass is 16.4. The van der Waals surface area contributed by atoms with Gasteiger partial charge in [-0.2, -0.15) is 0 Å². The van der Waals surface area contributed by atoms with E-state index in [2.05, 4.69) is 61.1 Å². The molecule has 0 heterocycles. The monoisotopic (exact) mass is 440 g/mol. The van der Waals surface area contributed by atoms with E-state index in [0.717, 1.165) is 31.1 Å². The van der Waals surface area contributed by atoms with E-state index in [1.807, 2.05) is 0 Å². The summed E-state index contributed by atoms with van der Waals surface area (Å²) < 4.78 is 0. The summed E-state index contributed by atoms with van der Waals surface area (Å²) in [5.41, 5.74) is 3.98. The van der Waals surface area contributed by atoms with Crippen molar-refractivity contribution in [2.75, 3.05) is 0 Å². The SMILES string of the molecule is C=C(C)C1CC[C@]2(C)C(CC=C3C4C(C)C(C)CC[C@]4(C)CC[C@]32C)[C@@]1(C)CCC(=O)O. The highest BCUT2D eigenvalue weighted by Crippen LogP contribution is 2.74. The van der Waals surface area contributed by atoms with Gasteiger partial charge in [0.15, 0.2) is 0 Å². The molecule has 0 aromatic rings. The molecule has 0 spiro atoms. The molecule has 4 aliphatic rings. The first-order valence-electron chi connectivity index (χ1n) is 13.4. The summed E-state index contributed by atoms with van der Waals surface area (Å²) in [5, 5.41) is 9.56. The number of fused-ring (bicyclic) bond motifs is 5. The van der Waals surface area contributed by atoms with E-state index in [1.54, 1.807) is 5.57 Å². The zero-order valence-corrected chi connectivity index (χ0v) is 21.9. The van der Waals surface area contributed by atoms with Crippen molar-refractivity contribution >= 4 is 5.97 Å². The fourth-order valence-electron chi connectivity index (χ4n) is 9.76. The zero-order valence-electron chi connectivity index (χ0n) is 21.9. The van der Waals surface area contributed by atoms with Crippen molar-refractivity contribution < 1.29 is 9.90 Å². The number of aliphatic carboxylic acids is 1. The van der Waals surface area contributed by atoms with Gasteiger partial charge >= 0.3 is 5.97 Å². The van der Waals surface area contributed by atoms with Crippen LogP contribution in [0, 0.1) is 51.2 Å². The van der Waals surface area contributed by atoms with Crippen LogP contribution >= 0.6 is 0 Å². The summed E-state index contributed by atoms with van der Waals surface area (Å²) in [5.74, 6) is 2.58. The average Bonchev–Trinajstić information content (AvgIpc) is 2.70. The van der Waals surface area contributed by atoms with E-state index in [1.165, 1.54) is 37.7 Å². The van der Waals surface area contributed by atoms with Gasteiger partial charge in [-0.05, 0) is 110 Å². The lowest BCUT2D eigenvalue weighted by Crippen LogP contribution is -2.61. The van der Waals surface area contributed by atoms with Gasteiger partial charge in [0.1, 0.15) is 0 Å². The maximum Gasteiger partial charge on any atom is 0.303 e. The number of carbonyl (C=O) groups is 1. The van der Waals surface area contributed by atoms with Crippen LogP contribution in [0.2, 0.25) is 0 Å². The second-order valence-corrected chi connectivity index (χ2v) is 13.5. The van der Waals surface area contributed by atoms with Crippen molar-refractivity contribution in [2.45, 2.75) is 106 Å². The van der Waals surface area contributed by atoms with Gasteiger partial charge in [0, 0.05) is 6.42 Å². The molecule has 0 saturated heterocycles. The second kappa shape index (κ2) is 7.74. The van der Waals surface area contributed by atoms with Crippen LogP contribution in [0.3, 0.4) is 0 Å². The van der Waals surface area contributed by atoms with Crippen LogP contribution in [0.25, 0.3) is 0 Å². The lowest BCUT2D eigenvalue weighted by atomic mass is 9.35. The van der Waals surface area contributed by atoms with Gasteiger partial charge in [0.2, 0.25) is 0 Å². The summed E-state index contributed by atoms with van der Waals surface area (Å²) in [4.78, 5) is 11.6. The molecule has 180 valence electrons. The van der Waals surface area contributed by atoms with E-state index < -0.39 is 5.97 Å². The first kappa shape index (κ1) is 24.1. The van der Waals surface area contributed by atoms with Crippen LogP contribution in [0.5, 0.6) is 0 Å². The molecule has 4 aliphatic carbocycles. The molecular weight excluding hydrogens is 392 g/mol. The van der Waals surface area contributed by atoms with Crippen molar-refractivity contribution in [1.82, 2.24) is 0 Å². The quantitative estimate of drug-likeness (QED) is 0.446. The Morgan fingerprint density at radius 1 is 1.09 bits per heavy atom. The Bertz CT molecular complexity index is 825. The van der Waals surface area contributed by atoms with Crippen molar-refractivity contribution in [3.05, 3.63) is 23.8 Å². The topological polar surface area (TPSA) is 37.3 Å². The van der Waals surface area contributed by atoms with E-state index in [-0.39, 0.29) is 22.7 Å². The Hall–Kier alpha value is -1.05. The van der Waals surface area contributed by atoms with Crippen LogP contribution in [0.1, 0.15) is 106 Å². The van der Waals surface area contributed by atoms with E-state index in [4.69, 9.17) is 0 Å². The molecular formula is C30H48O2. The van der Waals surface area contributed by atoms with E-state index in [9.17, 15) is 9.90 Å². The molecule has 3 fully saturated rings. The lowest BCUT2D eigenvalue weighted by Gasteiger charge is -2.69. The minimum atomic E-state index is -0.657. The number of allylic oxidation sites excluding steroid dienone is 3. The fraction of sp³-hybridized carbons (Fsp3) is 0.833. The van der Waals surface area contributed by atoms with Gasteiger partial charge in [0.25, 0.3) is 0 Å². The minimum absolute atomic E-state index is 0.00842. The summed E-state index contributed by atoms with van der Waals surface area (Å²) in [7, 11) is 0. The number of hydrogen-bond acceptors (Lipinski definition) is 1. The predicted octanol–water partition coefficient (Wildman–Crippen LogP) is 8.28. The molecule has 1 N–H and O–H groups in total. The average molecular weight is 441 g/mol. The summed E-state index contributed by atoms with van der Waals surface area (Å²) in [6.45, 7) is 21.8. The highest BCUT2D eigenvalue weighted by molar-refractivity contribution is 5.66. The zero-order chi connectivity index (χ0) is 23.7. The smallest absolute Gasteiger partial charge is 0.303 e.